The zero-order valence-electron chi connectivity index (χ0n) is 6.98. The van der Waals surface area contributed by atoms with Crippen LogP contribution in [-0.4, -0.2) is 9.55 Å². The molecule has 1 heterocycles. The van der Waals surface area contributed by atoms with Gasteiger partial charge in [-0.1, -0.05) is 0 Å². The molecule has 0 saturated heterocycles. The molecule has 0 spiro atoms. The highest BCUT2D eigenvalue weighted by molar-refractivity contribution is 5.21. The van der Waals surface area contributed by atoms with Gasteiger partial charge in [-0.2, -0.15) is 5.26 Å². The second-order valence-electron chi connectivity index (χ2n) is 2.73. The van der Waals surface area contributed by atoms with E-state index in [2.05, 4.69) is 4.98 Å². The Morgan fingerprint density at radius 2 is 2.33 bits per heavy atom. The Kier molecular flexibility index (Phi) is 2.24. The summed E-state index contributed by atoms with van der Waals surface area (Å²) in [6, 6.07) is 1.83. The lowest BCUT2D eigenvalue weighted by molar-refractivity contribution is 0.566. The van der Waals surface area contributed by atoms with E-state index in [0.29, 0.717) is 0 Å². The monoisotopic (exact) mass is 163 g/mol. The summed E-state index contributed by atoms with van der Waals surface area (Å²) in [6.45, 7) is 3.73. The van der Waals surface area contributed by atoms with Crippen LogP contribution < -0.4 is 5.56 Å². The van der Waals surface area contributed by atoms with E-state index in [4.69, 9.17) is 5.26 Å². The van der Waals surface area contributed by atoms with Crippen LogP contribution in [0.2, 0.25) is 0 Å². The number of rotatable bonds is 1. The standard InChI is InChI=1S/C8H9N3O/c1-6(2)11-5-10-4-7(3-9)8(11)12/h4-6H,1-2H3. The van der Waals surface area contributed by atoms with Gasteiger partial charge in [0.15, 0.2) is 0 Å². The molecule has 0 bridgehead atoms. The molecule has 0 aromatic carbocycles. The molecule has 1 aromatic rings. The average molecular weight is 163 g/mol. The van der Waals surface area contributed by atoms with Gasteiger partial charge in [-0.25, -0.2) is 4.98 Å². The first-order chi connectivity index (χ1) is 5.66. The van der Waals surface area contributed by atoms with Gasteiger partial charge in [-0.3, -0.25) is 9.36 Å². The summed E-state index contributed by atoms with van der Waals surface area (Å²) in [7, 11) is 0. The number of nitrogens with zero attached hydrogens (tertiary/aromatic N) is 3. The lowest BCUT2D eigenvalue weighted by Gasteiger charge is -2.07. The minimum Gasteiger partial charge on any atom is -0.296 e. The molecule has 0 aliphatic carbocycles. The molecular formula is C8H9N3O. The fraction of sp³-hybridized carbons (Fsp3) is 0.375. The van der Waals surface area contributed by atoms with Gasteiger partial charge in [0.2, 0.25) is 0 Å². The van der Waals surface area contributed by atoms with Gasteiger partial charge in [-0.05, 0) is 13.8 Å². The minimum absolute atomic E-state index is 0.0401. The highest BCUT2D eigenvalue weighted by Crippen LogP contribution is 1.97. The first kappa shape index (κ1) is 8.47. The normalized spacial score (nSPS) is 9.83. The molecule has 0 N–H and O–H groups in total. The number of hydrogen-bond donors (Lipinski definition) is 0. The van der Waals surface area contributed by atoms with Crippen molar-refractivity contribution < 1.29 is 0 Å². The Hall–Kier alpha value is -1.63. The summed E-state index contributed by atoms with van der Waals surface area (Å²) < 4.78 is 1.43. The Balaban J connectivity index is 3.36. The number of hydrogen-bond acceptors (Lipinski definition) is 3. The van der Waals surface area contributed by atoms with Gasteiger partial charge < -0.3 is 0 Å². The summed E-state index contributed by atoms with van der Waals surface area (Å²) in [5, 5.41) is 8.52. The molecule has 0 aliphatic heterocycles. The third-order valence-corrected chi connectivity index (χ3v) is 1.54. The fourth-order valence-corrected chi connectivity index (χ4v) is 0.871. The topological polar surface area (TPSA) is 58.7 Å². The van der Waals surface area contributed by atoms with Gasteiger partial charge in [0.1, 0.15) is 11.6 Å². The van der Waals surface area contributed by atoms with Crippen molar-refractivity contribution in [1.29, 1.82) is 5.26 Å². The molecular weight excluding hydrogens is 154 g/mol. The van der Waals surface area contributed by atoms with Crippen LogP contribution >= 0.6 is 0 Å². The van der Waals surface area contributed by atoms with E-state index in [9.17, 15) is 4.79 Å². The quantitative estimate of drug-likeness (QED) is 0.612. The van der Waals surface area contributed by atoms with Crippen molar-refractivity contribution in [3.63, 3.8) is 0 Å². The van der Waals surface area contributed by atoms with Crippen LogP contribution in [0.4, 0.5) is 0 Å². The molecule has 0 unspecified atom stereocenters. The maximum absolute atomic E-state index is 11.3. The van der Waals surface area contributed by atoms with E-state index >= 15 is 0 Å². The Morgan fingerprint density at radius 1 is 1.67 bits per heavy atom. The fourth-order valence-electron chi connectivity index (χ4n) is 0.871. The molecule has 1 aromatic heterocycles. The van der Waals surface area contributed by atoms with E-state index in [1.54, 1.807) is 6.07 Å². The molecule has 0 radical (unpaired) electrons. The molecule has 62 valence electrons. The summed E-state index contributed by atoms with van der Waals surface area (Å²) in [6.07, 6.45) is 2.72. The lowest BCUT2D eigenvalue weighted by atomic mass is 10.3. The zero-order chi connectivity index (χ0) is 9.14. The van der Waals surface area contributed by atoms with E-state index < -0.39 is 0 Å². The Morgan fingerprint density at radius 3 is 2.83 bits per heavy atom. The highest BCUT2D eigenvalue weighted by atomic mass is 16.1. The van der Waals surface area contributed by atoms with Crippen molar-refractivity contribution in [2.45, 2.75) is 19.9 Å². The maximum atomic E-state index is 11.3. The zero-order valence-corrected chi connectivity index (χ0v) is 6.98. The molecule has 0 amide bonds. The number of aromatic nitrogens is 2. The first-order valence-electron chi connectivity index (χ1n) is 3.63. The van der Waals surface area contributed by atoms with E-state index in [1.807, 2.05) is 13.8 Å². The molecule has 1 rings (SSSR count). The minimum atomic E-state index is -0.275. The summed E-state index contributed by atoms with van der Waals surface area (Å²) in [5.74, 6) is 0. The molecule has 0 saturated carbocycles. The van der Waals surface area contributed by atoms with E-state index in [1.165, 1.54) is 17.1 Å². The summed E-state index contributed by atoms with van der Waals surface area (Å²) >= 11 is 0. The molecule has 4 nitrogen and oxygen atoms in total. The van der Waals surface area contributed by atoms with Crippen molar-refractivity contribution in [1.82, 2.24) is 9.55 Å². The van der Waals surface area contributed by atoms with Crippen LogP contribution in [0.1, 0.15) is 25.5 Å². The predicted molar refractivity (Wildman–Crippen MR) is 43.6 cm³/mol. The maximum Gasteiger partial charge on any atom is 0.271 e. The third kappa shape index (κ3) is 1.35. The van der Waals surface area contributed by atoms with Crippen LogP contribution in [-0.2, 0) is 0 Å². The smallest absolute Gasteiger partial charge is 0.271 e. The van der Waals surface area contributed by atoms with E-state index in [0.717, 1.165) is 0 Å². The van der Waals surface area contributed by atoms with Crippen LogP contribution in [0.3, 0.4) is 0 Å². The van der Waals surface area contributed by atoms with Crippen LogP contribution in [0.15, 0.2) is 17.3 Å². The molecule has 0 fully saturated rings. The summed E-state index contributed by atoms with van der Waals surface area (Å²) in [5.41, 5.74) is -0.186. The first-order valence-corrected chi connectivity index (χ1v) is 3.63. The van der Waals surface area contributed by atoms with Gasteiger partial charge in [-0.15, -0.1) is 0 Å². The van der Waals surface area contributed by atoms with Gasteiger partial charge in [0, 0.05) is 6.04 Å². The van der Waals surface area contributed by atoms with Gasteiger partial charge in [0.25, 0.3) is 5.56 Å². The highest BCUT2D eigenvalue weighted by Gasteiger charge is 2.04. The largest absolute Gasteiger partial charge is 0.296 e. The van der Waals surface area contributed by atoms with Crippen molar-refractivity contribution >= 4 is 0 Å². The van der Waals surface area contributed by atoms with Crippen molar-refractivity contribution in [3.8, 4) is 6.07 Å². The van der Waals surface area contributed by atoms with Gasteiger partial charge >= 0.3 is 0 Å². The average Bonchev–Trinajstić information content (AvgIpc) is 2.04. The second kappa shape index (κ2) is 3.18. The van der Waals surface area contributed by atoms with Gasteiger partial charge in [0.05, 0.1) is 12.5 Å². The van der Waals surface area contributed by atoms with Crippen LogP contribution in [0.25, 0.3) is 0 Å². The molecule has 0 aliphatic rings. The van der Waals surface area contributed by atoms with Crippen LogP contribution in [0, 0.1) is 11.3 Å². The van der Waals surface area contributed by atoms with Crippen molar-refractivity contribution in [2.75, 3.05) is 0 Å². The molecule has 12 heavy (non-hydrogen) atoms. The van der Waals surface area contributed by atoms with Crippen molar-refractivity contribution in [2.24, 2.45) is 0 Å². The second-order valence-corrected chi connectivity index (χ2v) is 2.73. The Bertz CT molecular complexity index is 373. The van der Waals surface area contributed by atoms with Crippen LogP contribution in [0.5, 0.6) is 0 Å². The predicted octanol–water partition coefficient (Wildman–Crippen LogP) is 0.696. The third-order valence-electron chi connectivity index (χ3n) is 1.54. The number of nitriles is 1. The summed E-state index contributed by atoms with van der Waals surface area (Å²) in [4.78, 5) is 15.1. The molecule has 4 heteroatoms. The lowest BCUT2D eigenvalue weighted by Crippen LogP contribution is -2.24. The molecule has 0 atom stereocenters. The van der Waals surface area contributed by atoms with Crippen molar-refractivity contribution in [3.05, 3.63) is 28.4 Å². The van der Waals surface area contributed by atoms with E-state index in [-0.39, 0.29) is 17.2 Å². The SMILES string of the molecule is CC(C)n1cncc(C#N)c1=O. The Labute approximate surface area is 70.1 Å².